The van der Waals surface area contributed by atoms with Gasteiger partial charge in [-0.15, -0.1) is 0 Å². The van der Waals surface area contributed by atoms with Gasteiger partial charge in [-0.25, -0.2) is 19.4 Å². The van der Waals surface area contributed by atoms with Crippen LogP contribution >= 0.6 is 0 Å². The van der Waals surface area contributed by atoms with Gasteiger partial charge in [-0.1, -0.05) is 13.8 Å². The van der Waals surface area contributed by atoms with E-state index < -0.39 is 29.7 Å². The fourth-order valence-corrected chi connectivity index (χ4v) is 2.26. The van der Waals surface area contributed by atoms with Gasteiger partial charge in [0.2, 0.25) is 0 Å². The number of carbonyl (C=O) groups excluding carboxylic acids is 2. The van der Waals surface area contributed by atoms with E-state index in [0.717, 1.165) is 5.01 Å². The highest BCUT2D eigenvalue weighted by atomic mass is 16.6. The van der Waals surface area contributed by atoms with Gasteiger partial charge in [-0.2, -0.15) is 0 Å². The van der Waals surface area contributed by atoms with E-state index in [0.29, 0.717) is 11.3 Å². The predicted octanol–water partition coefficient (Wildman–Crippen LogP) is 3.54. The second kappa shape index (κ2) is 9.25. The Morgan fingerprint density at radius 1 is 1.15 bits per heavy atom. The summed E-state index contributed by atoms with van der Waals surface area (Å²) in [6, 6.07) is 5.01. The Labute approximate surface area is 159 Å². The second-order valence-corrected chi connectivity index (χ2v) is 7.51. The zero-order chi connectivity index (χ0) is 20.8. The molecule has 1 aromatic rings. The lowest BCUT2D eigenvalue weighted by molar-refractivity contribution is -0.143. The number of hydrogen-bond donors (Lipinski definition) is 2. The number of ether oxygens (including phenoxy) is 2. The molecule has 8 heteroatoms. The van der Waals surface area contributed by atoms with E-state index in [1.807, 2.05) is 13.8 Å². The number of carbonyl (C=O) groups is 3. The molecule has 0 fully saturated rings. The van der Waals surface area contributed by atoms with Gasteiger partial charge >= 0.3 is 18.0 Å². The number of aliphatic carboxylic acids is 1. The largest absolute Gasteiger partial charge is 0.480 e. The van der Waals surface area contributed by atoms with Gasteiger partial charge in [-0.05, 0) is 57.4 Å². The smallest absolute Gasteiger partial charge is 0.429 e. The third-order valence-corrected chi connectivity index (χ3v) is 3.44. The van der Waals surface area contributed by atoms with Crippen LogP contribution in [0.15, 0.2) is 24.3 Å². The van der Waals surface area contributed by atoms with Crippen LogP contribution in [0.3, 0.4) is 0 Å². The molecule has 0 saturated carbocycles. The van der Waals surface area contributed by atoms with E-state index >= 15 is 0 Å². The molecule has 0 bridgehead atoms. The molecule has 1 amide bonds. The first kappa shape index (κ1) is 22.3. The second-order valence-electron chi connectivity index (χ2n) is 7.51. The highest BCUT2D eigenvalue weighted by Crippen LogP contribution is 2.19. The molecule has 0 aliphatic rings. The summed E-state index contributed by atoms with van der Waals surface area (Å²) in [5.41, 5.74) is 2.78. The van der Waals surface area contributed by atoms with Crippen LogP contribution in [0.1, 0.15) is 51.4 Å². The number of hydrogen-bond acceptors (Lipinski definition) is 6. The molecule has 2 N–H and O–H groups in total. The summed E-state index contributed by atoms with van der Waals surface area (Å²) in [6.45, 7) is 8.84. The zero-order valence-corrected chi connectivity index (χ0v) is 16.6. The van der Waals surface area contributed by atoms with E-state index in [-0.39, 0.29) is 12.3 Å². The van der Waals surface area contributed by atoms with Gasteiger partial charge < -0.3 is 14.6 Å². The minimum absolute atomic E-state index is 0.0412. The molecule has 0 unspecified atom stereocenters. The van der Waals surface area contributed by atoms with Gasteiger partial charge in [0, 0.05) is 0 Å². The highest BCUT2D eigenvalue weighted by Gasteiger charge is 2.34. The van der Waals surface area contributed by atoms with Gasteiger partial charge in [0.05, 0.1) is 18.4 Å². The topological polar surface area (TPSA) is 105 Å². The molecule has 1 aromatic carbocycles. The number of rotatable bonds is 7. The number of hydrazine groups is 1. The van der Waals surface area contributed by atoms with Crippen molar-refractivity contribution in [3.63, 3.8) is 0 Å². The SMILES string of the molecule is COC(=O)c1ccc(NN(C(=O)OC(C)(C)C)[C@@H](CC(C)C)C(=O)O)cc1. The number of anilines is 1. The summed E-state index contributed by atoms with van der Waals surface area (Å²) in [7, 11) is 1.28. The molecular formula is C19H28N2O6. The summed E-state index contributed by atoms with van der Waals surface area (Å²) in [6.07, 6.45) is -0.561. The van der Waals surface area contributed by atoms with Crippen molar-refractivity contribution in [1.82, 2.24) is 5.01 Å². The molecule has 0 saturated heterocycles. The summed E-state index contributed by atoms with van der Waals surface area (Å²) >= 11 is 0. The Hall–Kier alpha value is -2.77. The van der Waals surface area contributed by atoms with Crippen molar-refractivity contribution >= 4 is 23.7 Å². The van der Waals surface area contributed by atoms with Crippen molar-refractivity contribution in [1.29, 1.82) is 0 Å². The van der Waals surface area contributed by atoms with Gasteiger partial charge in [-0.3, -0.25) is 5.43 Å². The van der Waals surface area contributed by atoms with Crippen molar-refractivity contribution < 1.29 is 29.0 Å². The lowest BCUT2D eigenvalue weighted by Crippen LogP contribution is -2.50. The minimum Gasteiger partial charge on any atom is -0.480 e. The van der Waals surface area contributed by atoms with Gasteiger partial charge in [0.15, 0.2) is 6.04 Å². The molecule has 0 radical (unpaired) electrons. The monoisotopic (exact) mass is 380 g/mol. The average molecular weight is 380 g/mol. The molecule has 0 aliphatic carbocycles. The number of nitrogens with zero attached hydrogens (tertiary/aromatic N) is 1. The van der Waals surface area contributed by atoms with Crippen molar-refractivity contribution in [2.75, 3.05) is 12.5 Å². The standard InChI is InChI=1S/C19H28N2O6/c1-12(2)11-15(16(22)23)21(18(25)27-19(3,4)5)20-14-9-7-13(8-10-14)17(24)26-6/h7-10,12,15,20H,11H2,1-6H3,(H,22,23)/t15-/m0/s1. The molecular weight excluding hydrogens is 352 g/mol. The molecule has 8 nitrogen and oxygen atoms in total. The predicted molar refractivity (Wildman–Crippen MR) is 100 cm³/mol. The quantitative estimate of drug-likeness (QED) is 0.550. The Morgan fingerprint density at radius 2 is 1.70 bits per heavy atom. The molecule has 27 heavy (non-hydrogen) atoms. The van der Waals surface area contributed by atoms with Crippen LogP contribution in [0.25, 0.3) is 0 Å². The van der Waals surface area contributed by atoms with Crippen molar-refractivity contribution in [3.05, 3.63) is 29.8 Å². The van der Waals surface area contributed by atoms with E-state index in [4.69, 9.17) is 4.74 Å². The molecule has 0 heterocycles. The Kier molecular flexibility index (Phi) is 7.63. The third-order valence-electron chi connectivity index (χ3n) is 3.44. The van der Waals surface area contributed by atoms with Crippen LogP contribution < -0.4 is 5.43 Å². The van der Waals surface area contributed by atoms with Crippen molar-refractivity contribution in [2.24, 2.45) is 5.92 Å². The fourth-order valence-electron chi connectivity index (χ4n) is 2.26. The van der Waals surface area contributed by atoms with Gasteiger partial charge in [0.1, 0.15) is 5.60 Å². The van der Waals surface area contributed by atoms with Crippen molar-refractivity contribution in [3.8, 4) is 0 Å². The highest BCUT2D eigenvalue weighted by molar-refractivity contribution is 5.89. The van der Waals surface area contributed by atoms with Crippen LogP contribution in [-0.2, 0) is 14.3 Å². The van der Waals surface area contributed by atoms with Crippen LogP contribution in [0.4, 0.5) is 10.5 Å². The number of methoxy groups -OCH3 is 1. The number of esters is 1. The normalized spacial score (nSPS) is 12.3. The van der Waals surface area contributed by atoms with Crippen LogP contribution in [0, 0.1) is 5.92 Å². The molecule has 0 aliphatic heterocycles. The van der Waals surface area contributed by atoms with E-state index in [1.54, 1.807) is 32.9 Å². The Morgan fingerprint density at radius 3 is 2.11 bits per heavy atom. The number of amides is 1. The average Bonchev–Trinajstić information content (AvgIpc) is 2.55. The fraction of sp³-hybridized carbons (Fsp3) is 0.526. The Bertz CT molecular complexity index is 664. The van der Waals surface area contributed by atoms with E-state index in [9.17, 15) is 19.5 Å². The summed E-state index contributed by atoms with van der Waals surface area (Å²) in [4.78, 5) is 35.9. The van der Waals surface area contributed by atoms with E-state index in [1.165, 1.54) is 19.2 Å². The van der Waals surface area contributed by atoms with Gasteiger partial charge in [0.25, 0.3) is 0 Å². The summed E-state index contributed by atoms with van der Waals surface area (Å²) < 4.78 is 9.99. The lowest BCUT2D eigenvalue weighted by atomic mass is 10.0. The number of nitrogens with one attached hydrogen (secondary N) is 1. The maximum absolute atomic E-state index is 12.6. The number of carboxylic acids is 1. The molecule has 0 spiro atoms. The Balaban J connectivity index is 3.14. The molecule has 1 atom stereocenters. The number of carboxylic acid groups (broad SMARTS) is 1. The maximum Gasteiger partial charge on any atom is 0.429 e. The minimum atomic E-state index is -1.15. The van der Waals surface area contributed by atoms with E-state index in [2.05, 4.69) is 10.2 Å². The summed E-state index contributed by atoms with van der Waals surface area (Å²) in [5.74, 6) is -1.60. The van der Waals surface area contributed by atoms with Crippen LogP contribution in [0.2, 0.25) is 0 Å². The lowest BCUT2D eigenvalue weighted by Gasteiger charge is -2.32. The maximum atomic E-state index is 12.6. The molecule has 150 valence electrons. The first-order valence-corrected chi connectivity index (χ1v) is 8.64. The summed E-state index contributed by atoms with van der Waals surface area (Å²) in [5, 5.41) is 10.6. The third kappa shape index (κ3) is 7.16. The van der Waals surface area contributed by atoms with Crippen LogP contribution in [0.5, 0.6) is 0 Å². The zero-order valence-electron chi connectivity index (χ0n) is 16.6. The van der Waals surface area contributed by atoms with Crippen LogP contribution in [-0.4, -0.2) is 46.9 Å². The number of benzene rings is 1. The first-order valence-electron chi connectivity index (χ1n) is 8.64. The molecule has 0 aromatic heterocycles. The first-order chi connectivity index (χ1) is 12.4. The molecule has 1 rings (SSSR count). The van der Waals surface area contributed by atoms with Crippen molar-refractivity contribution in [2.45, 2.75) is 52.7 Å².